The Bertz CT molecular complexity index is 986. The summed E-state index contributed by atoms with van der Waals surface area (Å²) in [6, 6.07) is 14.3. The monoisotopic (exact) mass is 377 g/mol. The van der Waals surface area contributed by atoms with Crippen LogP contribution in [-0.4, -0.2) is 44.3 Å². The van der Waals surface area contributed by atoms with Crippen LogP contribution in [0, 0.1) is 5.92 Å². The topological polar surface area (TPSA) is 75.4 Å². The SMILES string of the molecule is O=C(c1ccc(O)cc1)C1CCN(C(=O)CCn2cnc3ccccc32)CC1. The summed E-state index contributed by atoms with van der Waals surface area (Å²) in [6.07, 6.45) is 3.57. The van der Waals surface area contributed by atoms with Gasteiger partial charge in [-0.1, -0.05) is 12.1 Å². The number of aromatic nitrogens is 2. The number of imidazole rings is 1. The van der Waals surface area contributed by atoms with Gasteiger partial charge in [0.2, 0.25) is 5.91 Å². The molecule has 0 radical (unpaired) electrons. The molecule has 6 nitrogen and oxygen atoms in total. The number of nitrogens with zero attached hydrogens (tertiary/aromatic N) is 3. The number of phenolic OH excluding ortho intramolecular Hbond substituents is 1. The number of benzene rings is 2. The first-order valence-electron chi connectivity index (χ1n) is 9.63. The van der Waals surface area contributed by atoms with Crippen LogP contribution >= 0.6 is 0 Å². The fourth-order valence-electron chi connectivity index (χ4n) is 3.82. The maximum absolute atomic E-state index is 12.6. The third kappa shape index (κ3) is 3.76. The van der Waals surface area contributed by atoms with E-state index in [0.717, 1.165) is 11.0 Å². The number of carbonyl (C=O) groups is 2. The average Bonchev–Trinajstić information content (AvgIpc) is 3.15. The molecule has 2 heterocycles. The van der Waals surface area contributed by atoms with E-state index >= 15 is 0 Å². The molecular formula is C22H23N3O3. The quantitative estimate of drug-likeness (QED) is 0.693. The van der Waals surface area contributed by atoms with Crippen LogP contribution in [0.15, 0.2) is 54.9 Å². The molecule has 144 valence electrons. The number of rotatable bonds is 5. The highest BCUT2D eigenvalue weighted by Crippen LogP contribution is 2.23. The van der Waals surface area contributed by atoms with E-state index in [1.54, 1.807) is 18.5 Å². The molecule has 1 N–H and O–H groups in total. The molecule has 0 bridgehead atoms. The molecule has 1 fully saturated rings. The molecule has 1 saturated heterocycles. The number of Topliss-reactive ketones (excluding diaryl/α,β-unsaturated/α-hetero) is 1. The zero-order valence-electron chi connectivity index (χ0n) is 15.6. The molecule has 1 aliphatic heterocycles. The van der Waals surface area contributed by atoms with Gasteiger partial charge in [0, 0.05) is 37.5 Å². The number of aromatic hydroxyl groups is 1. The molecule has 2 aromatic carbocycles. The van der Waals surface area contributed by atoms with Crippen molar-refractivity contribution in [1.29, 1.82) is 0 Å². The van der Waals surface area contributed by atoms with Crippen LogP contribution in [0.5, 0.6) is 5.75 Å². The smallest absolute Gasteiger partial charge is 0.224 e. The van der Waals surface area contributed by atoms with Crippen molar-refractivity contribution in [3.8, 4) is 5.75 Å². The van der Waals surface area contributed by atoms with Gasteiger partial charge in [0.15, 0.2) is 5.78 Å². The van der Waals surface area contributed by atoms with Gasteiger partial charge in [-0.05, 0) is 49.2 Å². The van der Waals surface area contributed by atoms with E-state index < -0.39 is 0 Å². The summed E-state index contributed by atoms with van der Waals surface area (Å²) in [4.78, 5) is 31.4. The number of likely N-dealkylation sites (tertiary alicyclic amines) is 1. The molecule has 0 saturated carbocycles. The number of carbonyl (C=O) groups excluding carboxylic acids is 2. The molecule has 0 spiro atoms. The van der Waals surface area contributed by atoms with Gasteiger partial charge in [0.25, 0.3) is 0 Å². The summed E-state index contributed by atoms with van der Waals surface area (Å²) < 4.78 is 2.01. The van der Waals surface area contributed by atoms with Crippen LogP contribution in [0.4, 0.5) is 0 Å². The number of aryl methyl sites for hydroxylation is 1. The lowest BCUT2D eigenvalue weighted by molar-refractivity contribution is -0.132. The molecule has 0 aliphatic carbocycles. The second kappa shape index (κ2) is 7.84. The first kappa shape index (κ1) is 18.2. The standard InChI is InChI=1S/C22H23N3O3/c26-18-7-5-16(6-8-18)22(28)17-9-12-24(13-10-17)21(27)11-14-25-15-23-19-3-1-2-4-20(19)25/h1-8,15,17,26H,9-14H2. The van der Waals surface area contributed by atoms with Crippen LogP contribution in [-0.2, 0) is 11.3 Å². The van der Waals surface area contributed by atoms with E-state index in [4.69, 9.17) is 0 Å². The van der Waals surface area contributed by atoms with E-state index in [9.17, 15) is 14.7 Å². The van der Waals surface area contributed by atoms with Gasteiger partial charge in [-0.2, -0.15) is 0 Å². The molecular weight excluding hydrogens is 354 g/mol. The van der Waals surface area contributed by atoms with Crippen molar-refractivity contribution in [2.24, 2.45) is 5.92 Å². The maximum Gasteiger partial charge on any atom is 0.224 e. The molecule has 4 rings (SSSR count). The molecule has 28 heavy (non-hydrogen) atoms. The Morgan fingerprint density at radius 1 is 1.04 bits per heavy atom. The molecule has 0 unspecified atom stereocenters. The fraction of sp³-hybridized carbons (Fsp3) is 0.318. The second-order valence-electron chi connectivity index (χ2n) is 7.24. The Morgan fingerprint density at radius 3 is 2.50 bits per heavy atom. The second-order valence-corrected chi connectivity index (χ2v) is 7.24. The minimum atomic E-state index is -0.0637. The highest BCUT2D eigenvalue weighted by molar-refractivity contribution is 5.98. The third-order valence-electron chi connectivity index (χ3n) is 5.46. The van der Waals surface area contributed by atoms with Crippen molar-refractivity contribution in [3.63, 3.8) is 0 Å². The van der Waals surface area contributed by atoms with Crippen LogP contribution in [0.1, 0.15) is 29.6 Å². The van der Waals surface area contributed by atoms with Gasteiger partial charge < -0.3 is 14.6 Å². The normalized spacial score (nSPS) is 15.1. The molecule has 6 heteroatoms. The summed E-state index contributed by atoms with van der Waals surface area (Å²) in [7, 11) is 0. The lowest BCUT2D eigenvalue weighted by Gasteiger charge is -2.31. The summed E-state index contributed by atoms with van der Waals surface area (Å²) in [5.74, 6) is 0.305. The summed E-state index contributed by atoms with van der Waals surface area (Å²) in [6.45, 7) is 1.82. The van der Waals surface area contributed by atoms with E-state index in [1.165, 1.54) is 12.1 Å². The molecule has 1 amide bonds. The van der Waals surface area contributed by atoms with E-state index in [2.05, 4.69) is 4.98 Å². The van der Waals surface area contributed by atoms with Crippen molar-refractivity contribution in [2.45, 2.75) is 25.8 Å². The zero-order valence-corrected chi connectivity index (χ0v) is 15.6. The molecule has 1 aliphatic rings. The first-order valence-corrected chi connectivity index (χ1v) is 9.63. The first-order chi connectivity index (χ1) is 13.6. The van der Waals surface area contributed by atoms with E-state index in [-0.39, 0.29) is 23.4 Å². The Kier molecular flexibility index (Phi) is 5.10. The summed E-state index contributed by atoms with van der Waals surface area (Å²) in [5, 5.41) is 9.36. The van der Waals surface area contributed by atoms with Gasteiger partial charge in [-0.3, -0.25) is 9.59 Å². The molecule has 3 aromatic rings. The number of phenols is 1. The van der Waals surface area contributed by atoms with Crippen molar-refractivity contribution in [2.75, 3.05) is 13.1 Å². The van der Waals surface area contributed by atoms with E-state index in [0.29, 0.717) is 44.5 Å². The van der Waals surface area contributed by atoms with Crippen LogP contribution in [0.3, 0.4) is 0 Å². The third-order valence-corrected chi connectivity index (χ3v) is 5.46. The predicted octanol–water partition coefficient (Wildman–Crippen LogP) is 3.25. The number of para-hydroxylation sites is 2. The maximum atomic E-state index is 12.6. The largest absolute Gasteiger partial charge is 0.508 e. The summed E-state index contributed by atoms with van der Waals surface area (Å²) in [5.41, 5.74) is 2.59. The lowest BCUT2D eigenvalue weighted by atomic mass is 9.89. The number of ketones is 1. The number of amides is 1. The van der Waals surface area contributed by atoms with Crippen molar-refractivity contribution < 1.29 is 14.7 Å². The van der Waals surface area contributed by atoms with E-state index in [1.807, 2.05) is 33.7 Å². The van der Waals surface area contributed by atoms with Crippen LogP contribution in [0.25, 0.3) is 11.0 Å². The van der Waals surface area contributed by atoms with Gasteiger partial charge >= 0.3 is 0 Å². The number of hydrogen-bond acceptors (Lipinski definition) is 4. The Morgan fingerprint density at radius 2 is 1.75 bits per heavy atom. The highest BCUT2D eigenvalue weighted by atomic mass is 16.3. The van der Waals surface area contributed by atoms with Gasteiger partial charge in [-0.15, -0.1) is 0 Å². The molecule has 0 atom stereocenters. The van der Waals surface area contributed by atoms with Gasteiger partial charge in [0.05, 0.1) is 17.4 Å². The lowest BCUT2D eigenvalue weighted by Crippen LogP contribution is -2.40. The average molecular weight is 377 g/mol. The minimum Gasteiger partial charge on any atom is -0.508 e. The fourth-order valence-corrected chi connectivity index (χ4v) is 3.82. The highest BCUT2D eigenvalue weighted by Gasteiger charge is 2.27. The van der Waals surface area contributed by atoms with Crippen molar-refractivity contribution in [1.82, 2.24) is 14.5 Å². The Balaban J connectivity index is 1.30. The number of hydrogen-bond donors (Lipinski definition) is 1. The Labute approximate surface area is 163 Å². The van der Waals surface area contributed by atoms with Crippen molar-refractivity contribution in [3.05, 3.63) is 60.4 Å². The van der Waals surface area contributed by atoms with Crippen LogP contribution < -0.4 is 0 Å². The number of fused-ring (bicyclic) bond motifs is 1. The summed E-state index contributed by atoms with van der Waals surface area (Å²) >= 11 is 0. The van der Waals surface area contributed by atoms with Gasteiger partial charge in [0.1, 0.15) is 5.75 Å². The van der Waals surface area contributed by atoms with Crippen molar-refractivity contribution >= 4 is 22.7 Å². The minimum absolute atomic E-state index is 0.0637. The van der Waals surface area contributed by atoms with Gasteiger partial charge in [-0.25, -0.2) is 4.98 Å². The number of piperidine rings is 1. The molecule has 1 aromatic heterocycles. The predicted molar refractivity (Wildman–Crippen MR) is 106 cm³/mol. The Hall–Kier alpha value is -3.15. The van der Waals surface area contributed by atoms with Crippen LogP contribution in [0.2, 0.25) is 0 Å². The zero-order chi connectivity index (χ0) is 19.5.